The molecule has 0 aliphatic rings. The van der Waals surface area contributed by atoms with E-state index in [1.54, 1.807) is 24.3 Å². The Hall–Kier alpha value is -2.76. The minimum atomic E-state index is -0.329. The van der Waals surface area contributed by atoms with Crippen LogP contribution in [0, 0.1) is 12.3 Å². The Morgan fingerprint density at radius 2 is 2.32 bits per heavy atom. The fourth-order valence-electron chi connectivity index (χ4n) is 2.10. The Morgan fingerprint density at radius 1 is 1.48 bits per heavy atom. The summed E-state index contributed by atoms with van der Waals surface area (Å²) >= 11 is 7.11. The van der Waals surface area contributed by atoms with Gasteiger partial charge in [-0.15, -0.1) is 6.42 Å². The molecule has 0 spiro atoms. The third kappa shape index (κ3) is 3.84. The molecule has 0 aliphatic heterocycles. The summed E-state index contributed by atoms with van der Waals surface area (Å²) < 4.78 is 1.53. The summed E-state index contributed by atoms with van der Waals surface area (Å²) in [5.74, 6) is 2.16. The number of thioether (sulfide) groups is 1. The van der Waals surface area contributed by atoms with E-state index < -0.39 is 0 Å². The number of aromatic nitrogens is 4. The lowest BCUT2D eigenvalue weighted by molar-refractivity contribution is -0.118. The molecule has 0 bridgehead atoms. The Morgan fingerprint density at radius 3 is 3.08 bits per heavy atom. The molecule has 2 N–H and O–H groups in total. The lowest BCUT2D eigenvalue weighted by atomic mass is 10.3. The zero-order valence-corrected chi connectivity index (χ0v) is 14.4. The molecule has 3 aromatic rings. The molecule has 1 amide bonds. The average Bonchev–Trinajstić information content (AvgIpc) is 3.02. The fourth-order valence-corrected chi connectivity index (χ4v) is 2.97. The van der Waals surface area contributed by atoms with Gasteiger partial charge in [-0.3, -0.25) is 9.59 Å². The predicted molar refractivity (Wildman–Crippen MR) is 97.1 cm³/mol. The van der Waals surface area contributed by atoms with Crippen molar-refractivity contribution in [2.45, 2.75) is 5.16 Å². The van der Waals surface area contributed by atoms with Gasteiger partial charge in [0.25, 0.3) is 5.56 Å². The van der Waals surface area contributed by atoms with Crippen molar-refractivity contribution in [2.75, 3.05) is 12.3 Å². The molecule has 3 rings (SSSR count). The number of H-pyrrole nitrogens is 1. The first-order chi connectivity index (χ1) is 12.1. The van der Waals surface area contributed by atoms with Gasteiger partial charge in [-0.05, 0) is 18.2 Å². The second kappa shape index (κ2) is 7.42. The number of nitrogens with zero attached hydrogens (tertiary/aromatic N) is 3. The van der Waals surface area contributed by atoms with Gasteiger partial charge in [-0.2, -0.15) is 5.10 Å². The van der Waals surface area contributed by atoms with Crippen LogP contribution in [-0.4, -0.2) is 38.0 Å². The van der Waals surface area contributed by atoms with Crippen LogP contribution in [0.2, 0.25) is 5.02 Å². The largest absolute Gasteiger partial charge is 0.344 e. The van der Waals surface area contributed by atoms with E-state index in [-0.39, 0.29) is 23.8 Å². The van der Waals surface area contributed by atoms with Crippen LogP contribution >= 0.6 is 23.4 Å². The number of hydrogen-bond acceptors (Lipinski definition) is 5. The van der Waals surface area contributed by atoms with Crippen LogP contribution in [0.4, 0.5) is 0 Å². The average molecular weight is 374 g/mol. The zero-order valence-electron chi connectivity index (χ0n) is 12.8. The highest BCUT2D eigenvalue weighted by molar-refractivity contribution is 7.99. The summed E-state index contributed by atoms with van der Waals surface area (Å²) in [6.45, 7) is 0.157. The number of hydrogen-bond donors (Lipinski definition) is 2. The van der Waals surface area contributed by atoms with Crippen molar-refractivity contribution in [3.63, 3.8) is 0 Å². The van der Waals surface area contributed by atoms with Crippen LogP contribution in [0.1, 0.15) is 0 Å². The number of carbonyl (C=O) groups is 1. The molecule has 7 nitrogen and oxygen atoms in total. The monoisotopic (exact) mass is 373 g/mol. The Balaban J connectivity index is 1.92. The van der Waals surface area contributed by atoms with Gasteiger partial charge in [0.2, 0.25) is 5.91 Å². The zero-order chi connectivity index (χ0) is 17.8. The number of terminal acetylenes is 1. The third-order valence-corrected chi connectivity index (χ3v) is 4.31. The topological polar surface area (TPSA) is 92.7 Å². The summed E-state index contributed by atoms with van der Waals surface area (Å²) in [6.07, 6.45) is 6.53. The summed E-state index contributed by atoms with van der Waals surface area (Å²) in [4.78, 5) is 30.9. The van der Waals surface area contributed by atoms with E-state index in [9.17, 15) is 9.59 Å². The number of rotatable bonds is 5. The second-order valence-corrected chi connectivity index (χ2v) is 6.31. The Kier molecular flexibility index (Phi) is 5.07. The number of benzene rings is 1. The van der Waals surface area contributed by atoms with Crippen LogP contribution in [-0.2, 0) is 4.79 Å². The van der Waals surface area contributed by atoms with Crippen molar-refractivity contribution in [3.8, 4) is 18.0 Å². The first-order valence-electron chi connectivity index (χ1n) is 7.15. The quantitative estimate of drug-likeness (QED) is 0.402. The first kappa shape index (κ1) is 17.1. The maximum absolute atomic E-state index is 12.2. The van der Waals surface area contributed by atoms with E-state index in [1.165, 1.54) is 10.9 Å². The number of carbonyl (C=O) groups excluding carboxylic acids is 1. The molecule has 1 aromatic carbocycles. The van der Waals surface area contributed by atoms with Crippen LogP contribution < -0.4 is 10.9 Å². The number of fused-ring (bicyclic) bond motifs is 1. The Bertz CT molecular complexity index is 1040. The highest BCUT2D eigenvalue weighted by Crippen LogP contribution is 2.19. The molecule has 0 radical (unpaired) electrons. The molecule has 0 atom stereocenters. The molecule has 0 fully saturated rings. The summed E-state index contributed by atoms with van der Waals surface area (Å²) in [5.41, 5.74) is 0.741. The van der Waals surface area contributed by atoms with Gasteiger partial charge in [0.15, 0.2) is 10.8 Å². The number of amides is 1. The van der Waals surface area contributed by atoms with Crippen molar-refractivity contribution in [1.29, 1.82) is 0 Å². The third-order valence-electron chi connectivity index (χ3n) is 3.20. The van der Waals surface area contributed by atoms with E-state index in [0.717, 1.165) is 11.8 Å². The van der Waals surface area contributed by atoms with Crippen molar-refractivity contribution < 1.29 is 4.79 Å². The minimum absolute atomic E-state index is 0.0848. The van der Waals surface area contributed by atoms with E-state index >= 15 is 0 Å². The number of halogens is 1. The van der Waals surface area contributed by atoms with Gasteiger partial charge in [0.05, 0.1) is 24.2 Å². The summed E-state index contributed by atoms with van der Waals surface area (Å²) in [5, 5.41) is 7.97. The highest BCUT2D eigenvalue weighted by atomic mass is 35.5. The van der Waals surface area contributed by atoms with E-state index in [2.05, 4.69) is 26.3 Å². The van der Waals surface area contributed by atoms with Crippen LogP contribution in [0.25, 0.3) is 16.7 Å². The standard InChI is InChI=1S/C16H12ClN5O2S/c1-2-6-18-13(23)9-25-16-20-14-12(15(24)21-16)8-19-22(14)11-5-3-4-10(17)7-11/h1,3-5,7-8H,6,9H2,(H,18,23)(H,20,21,24). The SMILES string of the molecule is C#CCNC(=O)CSc1nc2c(cnn2-c2cccc(Cl)c2)c(=O)[nH]1. The van der Waals surface area contributed by atoms with Crippen LogP contribution in [0.3, 0.4) is 0 Å². The van der Waals surface area contributed by atoms with E-state index in [0.29, 0.717) is 26.9 Å². The van der Waals surface area contributed by atoms with Crippen LogP contribution in [0.15, 0.2) is 40.4 Å². The predicted octanol–water partition coefficient (Wildman–Crippen LogP) is 1.60. The first-order valence-corrected chi connectivity index (χ1v) is 8.52. The molecule has 25 heavy (non-hydrogen) atoms. The smallest absolute Gasteiger partial charge is 0.262 e. The van der Waals surface area contributed by atoms with Crippen molar-refractivity contribution in [3.05, 3.63) is 45.8 Å². The van der Waals surface area contributed by atoms with Gasteiger partial charge in [-0.1, -0.05) is 35.3 Å². The van der Waals surface area contributed by atoms with Gasteiger partial charge in [0, 0.05) is 5.02 Å². The molecule has 0 unspecified atom stereocenters. The fraction of sp³-hybridized carbons (Fsp3) is 0.125. The maximum Gasteiger partial charge on any atom is 0.262 e. The molecule has 0 aliphatic carbocycles. The van der Waals surface area contributed by atoms with Crippen molar-refractivity contribution in [1.82, 2.24) is 25.1 Å². The molecule has 2 heterocycles. The maximum atomic E-state index is 12.2. The molecule has 9 heteroatoms. The molecule has 0 saturated carbocycles. The second-order valence-electron chi connectivity index (χ2n) is 4.91. The summed E-state index contributed by atoms with van der Waals surface area (Å²) in [6, 6.07) is 7.05. The molecular weight excluding hydrogens is 362 g/mol. The van der Waals surface area contributed by atoms with E-state index in [1.807, 2.05) is 0 Å². The van der Waals surface area contributed by atoms with E-state index in [4.69, 9.17) is 18.0 Å². The summed E-state index contributed by atoms with van der Waals surface area (Å²) in [7, 11) is 0. The minimum Gasteiger partial charge on any atom is -0.344 e. The molecular formula is C16H12ClN5O2S. The normalized spacial score (nSPS) is 10.6. The molecule has 2 aromatic heterocycles. The van der Waals surface area contributed by atoms with Crippen LogP contribution in [0.5, 0.6) is 0 Å². The van der Waals surface area contributed by atoms with Crippen molar-refractivity contribution >= 4 is 40.3 Å². The molecule has 126 valence electrons. The van der Waals surface area contributed by atoms with Gasteiger partial charge in [0.1, 0.15) is 5.39 Å². The van der Waals surface area contributed by atoms with Gasteiger partial charge in [-0.25, -0.2) is 9.67 Å². The number of nitrogens with one attached hydrogen (secondary N) is 2. The Labute approximate surface area is 151 Å². The lowest BCUT2D eigenvalue weighted by Gasteiger charge is -2.05. The van der Waals surface area contributed by atoms with Gasteiger partial charge >= 0.3 is 0 Å². The lowest BCUT2D eigenvalue weighted by Crippen LogP contribution is -2.25. The number of aromatic amines is 1. The van der Waals surface area contributed by atoms with Gasteiger partial charge < -0.3 is 10.3 Å². The highest BCUT2D eigenvalue weighted by Gasteiger charge is 2.13. The van der Waals surface area contributed by atoms with Crippen molar-refractivity contribution in [2.24, 2.45) is 0 Å². The molecule has 0 saturated heterocycles.